The molecule has 0 atom stereocenters. The molecule has 0 bridgehead atoms. The van der Waals surface area contributed by atoms with Gasteiger partial charge in [-0.3, -0.25) is 4.40 Å². The Morgan fingerprint density at radius 2 is 2.03 bits per heavy atom. The van der Waals surface area contributed by atoms with Crippen LogP contribution >= 0.6 is 0 Å². The second-order valence-corrected chi connectivity index (χ2v) is 7.20. The molecule has 29 heavy (non-hydrogen) atoms. The average Bonchev–Trinajstić information content (AvgIpc) is 3.36. The van der Waals surface area contributed by atoms with Gasteiger partial charge in [0.2, 0.25) is 5.88 Å². The first-order valence-electron chi connectivity index (χ1n) is 9.46. The van der Waals surface area contributed by atoms with Crippen LogP contribution in [0.3, 0.4) is 0 Å². The SMILES string of the molecule is Cn1nc(C2CC2)cc1Oc1cc(C#N)ccc1-c1ccc(CN)n2cnnc12. The molecule has 8 nitrogen and oxygen atoms in total. The molecule has 0 spiro atoms. The highest BCUT2D eigenvalue weighted by atomic mass is 16.5. The van der Waals surface area contributed by atoms with E-state index in [0.717, 1.165) is 22.5 Å². The molecular weight excluding hydrogens is 366 g/mol. The minimum absolute atomic E-state index is 0.379. The summed E-state index contributed by atoms with van der Waals surface area (Å²) in [6, 6.07) is 13.4. The fourth-order valence-corrected chi connectivity index (χ4v) is 3.50. The van der Waals surface area contributed by atoms with Crippen LogP contribution in [-0.4, -0.2) is 24.4 Å². The number of pyridine rings is 1. The summed E-state index contributed by atoms with van der Waals surface area (Å²) in [6.07, 6.45) is 3.99. The van der Waals surface area contributed by atoms with Gasteiger partial charge < -0.3 is 10.5 Å². The second-order valence-electron chi connectivity index (χ2n) is 7.20. The van der Waals surface area contributed by atoms with Crippen LogP contribution in [0.1, 0.15) is 35.7 Å². The number of ether oxygens (including phenoxy) is 1. The van der Waals surface area contributed by atoms with Crippen molar-refractivity contribution < 1.29 is 4.74 Å². The van der Waals surface area contributed by atoms with Crippen LogP contribution in [0.25, 0.3) is 16.8 Å². The first kappa shape index (κ1) is 17.4. The number of benzene rings is 1. The van der Waals surface area contributed by atoms with E-state index < -0.39 is 0 Å². The molecular formula is C21H19N7O. The molecule has 5 rings (SSSR count). The number of nitrogens with zero attached hydrogens (tertiary/aromatic N) is 6. The average molecular weight is 385 g/mol. The fourth-order valence-electron chi connectivity index (χ4n) is 3.50. The quantitative estimate of drug-likeness (QED) is 0.565. The third kappa shape index (κ3) is 3.02. The van der Waals surface area contributed by atoms with Gasteiger partial charge in [0.25, 0.3) is 0 Å². The Kier molecular flexibility index (Phi) is 4.03. The maximum absolute atomic E-state index is 9.37. The number of nitrogens with two attached hydrogens (primary N) is 1. The lowest BCUT2D eigenvalue weighted by Crippen LogP contribution is -2.04. The van der Waals surface area contributed by atoms with Crippen LogP contribution in [-0.2, 0) is 13.6 Å². The zero-order valence-electron chi connectivity index (χ0n) is 15.9. The third-order valence-electron chi connectivity index (χ3n) is 5.22. The molecule has 1 aromatic carbocycles. The molecule has 2 N–H and O–H groups in total. The van der Waals surface area contributed by atoms with Crippen molar-refractivity contribution in [1.29, 1.82) is 5.26 Å². The van der Waals surface area contributed by atoms with E-state index in [2.05, 4.69) is 21.4 Å². The van der Waals surface area contributed by atoms with Crippen molar-refractivity contribution in [2.75, 3.05) is 0 Å². The van der Waals surface area contributed by atoms with Crippen molar-refractivity contribution in [3.63, 3.8) is 0 Å². The molecule has 8 heteroatoms. The van der Waals surface area contributed by atoms with Gasteiger partial charge in [-0.15, -0.1) is 10.2 Å². The summed E-state index contributed by atoms with van der Waals surface area (Å²) in [5.41, 5.74) is 10.7. The first-order chi connectivity index (χ1) is 14.2. The van der Waals surface area contributed by atoms with E-state index >= 15 is 0 Å². The van der Waals surface area contributed by atoms with E-state index in [4.69, 9.17) is 10.5 Å². The molecule has 0 saturated heterocycles. The van der Waals surface area contributed by atoms with Gasteiger partial charge in [-0.25, -0.2) is 4.68 Å². The zero-order valence-corrected chi connectivity index (χ0v) is 15.9. The maximum Gasteiger partial charge on any atom is 0.217 e. The number of rotatable bonds is 5. The molecule has 0 amide bonds. The number of aryl methyl sites for hydroxylation is 1. The summed E-state index contributed by atoms with van der Waals surface area (Å²) in [5.74, 6) is 1.74. The number of hydrogen-bond acceptors (Lipinski definition) is 6. The van der Waals surface area contributed by atoms with Gasteiger partial charge in [-0.05, 0) is 43.2 Å². The Morgan fingerprint density at radius 3 is 2.79 bits per heavy atom. The zero-order chi connectivity index (χ0) is 20.0. The minimum Gasteiger partial charge on any atom is -0.439 e. The smallest absolute Gasteiger partial charge is 0.217 e. The predicted molar refractivity (Wildman–Crippen MR) is 106 cm³/mol. The van der Waals surface area contributed by atoms with E-state index in [9.17, 15) is 5.26 Å². The van der Waals surface area contributed by atoms with Crippen molar-refractivity contribution in [3.05, 3.63) is 59.7 Å². The number of nitriles is 1. The Hall–Kier alpha value is -3.70. The molecule has 3 heterocycles. The molecule has 1 saturated carbocycles. The van der Waals surface area contributed by atoms with E-state index in [1.54, 1.807) is 23.1 Å². The molecule has 1 fully saturated rings. The van der Waals surface area contributed by atoms with E-state index in [0.29, 0.717) is 35.3 Å². The van der Waals surface area contributed by atoms with Crippen LogP contribution in [0.5, 0.6) is 11.6 Å². The highest BCUT2D eigenvalue weighted by Gasteiger charge is 2.27. The third-order valence-corrected chi connectivity index (χ3v) is 5.22. The van der Waals surface area contributed by atoms with E-state index in [-0.39, 0.29) is 0 Å². The molecule has 3 aromatic heterocycles. The highest BCUT2D eigenvalue weighted by Crippen LogP contribution is 2.42. The van der Waals surface area contributed by atoms with Crippen LogP contribution in [0.2, 0.25) is 0 Å². The summed E-state index contributed by atoms with van der Waals surface area (Å²) < 4.78 is 9.85. The second kappa shape index (κ2) is 6.72. The van der Waals surface area contributed by atoms with Crippen molar-refractivity contribution in [3.8, 4) is 28.8 Å². The van der Waals surface area contributed by atoms with Crippen LogP contribution in [0.4, 0.5) is 0 Å². The molecule has 4 aromatic rings. The van der Waals surface area contributed by atoms with Crippen molar-refractivity contribution in [2.45, 2.75) is 25.3 Å². The molecule has 144 valence electrons. The standard InChI is InChI=1S/C21H19N7O/c1-27-20(9-18(26-27)14-3-4-14)29-19-8-13(10-22)2-6-16(19)17-7-5-15(11-23)28-12-24-25-21(17)28/h2,5-9,12,14H,3-4,11,23H2,1H3. The molecule has 0 unspecified atom stereocenters. The molecule has 1 aliphatic carbocycles. The summed E-state index contributed by atoms with van der Waals surface area (Å²) in [7, 11) is 1.86. The topological polar surface area (TPSA) is 107 Å². The largest absolute Gasteiger partial charge is 0.439 e. The molecule has 0 radical (unpaired) electrons. The van der Waals surface area contributed by atoms with Gasteiger partial charge in [0.05, 0.1) is 17.3 Å². The van der Waals surface area contributed by atoms with E-state index in [1.165, 1.54) is 12.8 Å². The number of hydrogen-bond donors (Lipinski definition) is 1. The minimum atomic E-state index is 0.379. The lowest BCUT2D eigenvalue weighted by atomic mass is 10.0. The Labute approximate surface area is 167 Å². The van der Waals surface area contributed by atoms with Crippen molar-refractivity contribution in [2.24, 2.45) is 12.8 Å². The van der Waals surface area contributed by atoms with Gasteiger partial charge in [-0.2, -0.15) is 10.4 Å². The number of fused-ring (bicyclic) bond motifs is 1. The molecule has 0 aliphatic heterocycles. The van der Waals surface area contributed by atoms with Crippen LogP contribution in [0.15, 0.2) is 42.7 Å². The maximum atomic E-state index is 9.37. The fraction of sp³-hybridized carbons (Fsp3) is 0.238. The van der Waals surface area contributed by atoms with Gasteiger partial charge in [0.15, 0.2) is 5.65 Å². The van der Waals surface area contributed by atoms with Gasteiger partial charge in [0, 0.05) is 42.4 Å². The Balaban J connectivity index is 1.63. The van der Waals surface area contributed by atoms with Gasteiger partial charge >= 0.3 is 0 Å². The van der Waals surface area contributed by atoms with Gasteiger partial charge in [0.1, 0.15) is 12.1 Å². The monoisotopic (exact) mass is 385 g/mol. The van der Waals surface area contributed by atoms with Crippen molar-refractivity contribution >= 4 is 5.65 Å². The van der Waals surface area contributed by atoms with Crippen LogP contribution in [0, 0.1) is 11.3 Å². The Bertz CT molecular complexity index is 1260. The summed E-state index contributed by atoms with van der Waals surface area (Å²) in [6.45, 7) is 0.379. The first-order valence-corrected chi connectivity index (χ1v) is 9.46. The van der Waals surface area contributed by atoms with Crippen LogP contribution < -0.4 is 10.5 Å². The summed E-state index contributed by atoms with van der Waals surface area (Å²) in [4.78, 5) is 0. The highest BCUT2D eigenvalue weighted by molar-refractivity contribution is 5.82. The lowest BCUT2D eigenvalue weighted by Gasteiger charge is -2.13. The lowest BCUT2D eigenvalue weighted by molar-refractivity contribution is 0.432. The number of aromatic nitrogens is 5. The molecule has 1 aliphatic rings. The van der Waals surface area contributed by atoms with Crippen molar-refractivity contribution in [1.82, 2.24) is 24.4 Å². The van der Waals surface area contributed by atoms with Gasteiger partial charge in [-0.1, -0.05) is 0 Å². The summed E-state index contributed by atoms with van der Waals surface area (Å²) >= 11 is 0. The normalized spacial score (nSPS) is 13.6. The van der Waals surface area contributed by atoms with E-state index in [1.807, 2.05) is 35.7 Å². The Morgan fingerprint density at radius 1 is 1.21 bits per heavy atom. The summed E-state index contributed by atoms with van der Waals surface area (Å²) in [5, 5.41) is 22.2. The predicted octanol–water partition coefficient (Wildman–Crippen LogP) is 3.13.